The fraction of sp³-hybridized carbons (Fsp3) is 0.458. The smallest absolute Gasteiger partial charge is 0.126 e. The Hall–Kier alpha value is -2.64. The predicted molar refractivity (Wildman–Crippen MR) is 120 cm³/mol. The Labute approximate surface area is 181 Å². The molecule has 2 aliphatic heterocycles. The molecule has 1 atom stereocenters. The summed E-state index contributed by atoms with van der Waals surface area (Å²) < 4.78 is 20.7. The van der Waals surface area contributed by atoms with Crippen LogP contribution in [-0.4, -0.2) is 60.1 Å². The van der Waals surface area contributed by atoms with E-state index in [0.29, 0.717) is 25.4 Å². The van der Waals surface area contributed by atoms with Crippen LogP contribution in [0.15, 0.2) is 36.5 Å². The standard InChI is InChI=1S/C24H28FN5O/c1-31-22-10-15(28-16-11-26-12-16)2-3-19(22)23-18-4-5-21-20(13-27-29-21)17(18)6-9-30(23)14-24(25)7-8-24/h2-5,10,13,16,23,26,28H,6-9,11-12,14H2,1H3,(H,27,29)/t23-/m0/s1. The summed E-state index contributed by atoms with van der Waals surface area (Å²) in [6, 6.07) is 11.0. The Morgan fingerprint density at radius 2 is 2.06 bits per heavy atom. The molecule has 31 heavy (non-hydrogen) atoms. The highest BCUT2D eigenvalue weighted by Gasteiger charge is 2.47. The zero-order chi connectivity index (χ0) is 21.0. The molecule has 3 heterocycles. The Morgan fingerprint density at radius 1 is 1.23 bits per heavy atom. The first kappa shape index (κ1) is 19.1. The van der Waals surface area contributed by atoms with Crippen LogP contribution in [0.5, 0.6) is 5.75 Å². The van der Waals surface area contributed by atoms with E-state index in [4.69, 9.17) is 4.74 Å². The second-order valence-corrected chi connectivity index (χ2v) is 9.19. The normalized spacial score (nSPS) is 22.7. The fourth-order valence-electron chi connectivity index (χ4n) is 5.05. The van der Waals surface area contributed by atoms with Gasteiger partial charge in [0.25, 0.3) is 0 Å². The monoisotopic (exact) mass is 421 g/mol. The number of halogens is 1. The van der Waals surface area contributed by atoms with Crippen LogP contribution in [0.1, 0.15) is 35.6 Å². The van der Waals surface area contributed by atoms with Crippen molar-refractivity contribution in [3.8, 4) is 5.75 Å². The molecule has 6 rings (SSSR count). The van der Waals surface area contributed by atoms with Gasteiger partial charge in [-0.05, 0) is 42.5 Å². The highest BCUT2D eigenvalue weighted by Crippen LogP contribution is 2.46. The van der Waals surface area contributed by atoms with Gasteiger partial charge in [0.15, 0.2) is 0 Å². The lowest BCUT2D eigenvalue weighted by atomic mass is 9.85. The number of alkyl halides is 1. The molecule has 3 aliphatic rings. The molecule has 1 saturated heterocycles. The number of rotatable bonds is 6. The first-order valence-electron chi connectivity index (χ1n) is 11.2. The summed E-state index contributed by atoms with van der Waals surface area (Å²) in [5, 5.41) is 15.3. The molecule has 1 aliphatic carbocycles. The zero-order valence-electron chi connectivity index (χ0n) is 17.7. The van der Waals surface area contributed by atoms with E-state index in [1.165, 1.54) is 16.5 Å². The molecular weight excluding hydrogens is 393 g/mol. The molecule has 2 fully saturated rings. The van der Waals surface area contributed by atoms with Crippen LogP contribution in [0.25, 0.3) is 10.9 Å². The first-order chi connectivity index (χ1) is 15.1. The van der Waals surface area contributed by atoms with Gasteiger partial charge in [-0.25, -0.2) is 4.39 Å². The first-order valence-corrected chi connectivity index (χ1v) is 11.2. The average Bonchev–Trinajstić information content (AvgIpc) is 3.27. The number of benzene rings is 2. The number of anilines is 1. The maximum atomic E-state index is 14.9. The van der Waals surface area contributed by atoms with Crippen molar-refractivity contribution in [3.63, 3.8) is 0 Å². The summed E-state index contributed by atoms with van der Waals surface area (Å²) in [6.07, 6.45) is 4.14. The van der Waals surface area contributed by atoms with Crippen molar-refractivity contribution >= 4 is 16.6 Å². The van der Waals surface area contributed by atoms with Crippen molar-refractivity contribution in [1.29, 1.82) is 0 Å². The number of nitrogens with one attached hydrogen (secondary N) is 3. The molecule has 6 nitrogen and oxygen atoms in total. The van der Waals surface area contributed by atoms with Gasteiger partial charge in [-0.2, -0.15) is 5.10 Å². The van der Waals surface area contributed by atoms with E-state index in [1.54, 1.807) is 7.11 Å². The summed E-state index contributed by atoms with van der Waals surface area (Å²) in [5.41, 5.74) is 4.70. The zero-order valence-corrected chi connectivity index (χ0v) is 17.7. The highest BCUT2D eigenvalue weighted by molar-refractivity contribution is 5.83. The third kappa shape index (κ3) is 3.36. The van der Waals surface area contributed by atoms with Crippen LogP contribution in [0, 0.1) is 0 Å². The van der Waals surface area contributed by atoms with Gasteiger partial charge >= 0.3 is 0 Å². The van der Waals surface area contributed by atoms with Gasteiger partial charge < -0.3 is 15.4 Å². The van der Waals surface area contributed by atoms with Crippen molar-refractivity contribution in [3.05, 3.63) is 53.2 Å². The average molecular weight is 422 g/mol. The van der Waals surface area contributed by atoms with Crippen molar-refractivity contribution < 1.29 is 9.13 Å². The second-order valence-electron chi connectivity index (χ2n) is 9.19. The Balaban J connectivity index is 1.43. The van der Waals surface area contributed by atoms with Crippen LogP contribution >= 0.6 is 0 Å². The number of aromatic amines is 1. The molecule has 0 amide bonds. The van der Waals surface area contributed by atoms with E-state index in [1.807, 2.05) is 6.20 Å². The lowest BCUT2D eigenvalue weighted by molar-refractivity contribution is 0.139. The van der Waals surface area contributed by atoms with Gasteiger partial charge in [0.2, 0.25) is 0 Å². The van der Waals surface area contributed by atoms with Gasteiger partial charge in [0, 0.05) is 48.9 Å². The minimum absolute atomic E-state index is 0.0364. The highest BCUT2D eigenvalue weighted by atomic mass is 19.1. The van der Waals surface area contributed by atoms with Gasteiger partial charge in [-0.1, -0.05) is 12.1 Å². The van der Waals surface area contributed by atoms with E-state index >= 15 is 0 Å². The number of hydrogen-bond donors (Lipinski definition) is 3. The van der Waals surface area contributed by atoms with Crippen LogP contribution in [0.2, 0.25) is 0 Å². The quantitative estimate of drug-likeness (QED) is 0.569. The molecule has 3 aromatic rings. The molecule has 2 aromatic carbocycles. The maximum Gasteiger partial charge on any atom is 0.126 e. The van der Waals surface area contributed by atoms with Crippen molar-refractivity contribution in [2.45, 2.75) is 37.0 Å². The number of ether oxygens (including phenoxy) is 1. The Kier molecular flexibility index (Phi) is 4.43. The largest absolute Gasteiger partial charge is 0.496 e. The number of hydrogen-bond acceptors (Lipinski definition) is 5. The molecule has 0 unspecified atom stereocenters. The summed E-state index contributed by atoms with van der Waals surface area (Å²) in [4.78, 5) is 2.31. The van der Waals surface area contributed by atoms with Crippen LogP contribution in [-0.2, 0) is 6.42 Å². The molecular formula is C24H28FN5O. The van der Waals surface area contributed by atoms with Gasteiger partial charge in [-0.15, -0.1) is 0 Å². The number of methoxy groups -OCH3 is 1. The molecule has 1 aromatic heterocycles. The summed E-state index contributed by atoms with van der Waals surface area (Å²) in [5.74, 6) is 0.844. The van der Waals surface area contributed by atoms with Gasteiger partial charge in [-0.3, -0.25) is 10.00 Å². The fourth-order valence-corrected chi connectivity index (χ4v) is 5.05. The summed E-state index contributed by atoms with van der Waals surface area (Å²) >= 11 is 0. The molecule has 1 saturated carbocycles. The predicted octanol–water partition coefficient (Wildman–Crippen LogP) is 3.40. The molecule has 0 radical (unpaired) electrons. The van der Waals surface area contributed by atoms with E-state index < -0.39 is 5.67 Å². The van der Waals surface area contributed by atoms with Gasteiger partial charge in [0.05, 0.1) is 30.9 Å². The van der Waals surface area contributed by atoms with E-state index in [0.717, 1.165) is 48.6 Å². The molecule has 3 N–H and O–H groups in total. The van der Waals surface area contributed by atoms with Gasteiger partial charge in [0.1, 0.15) is 11.4 Å². The Bertz CT molecular complexity index is 1120. The summed E-state index contributed by atoms with van der Waals surface area (Å²) in [6.45, 7) is 3.25. The second kappa shape index (κ2) is 7.21. The molecule has 0 bridgehead atoms. The minimum atomic E-state index is -1.04. The third-order valence-corrected chi connectivity index (χ3v) is 7.04. The van der Waals surface area contributed by atoms with E-state index in [-0.39, 0.29) is 6.04 Å². The van der Waals surface area contributed by atoms with Crippen molar-refractivity contribution in [2.75, 3.05) is 38.6 Å². The van der Waals surface area contributed by atoms with Crippen molar-refractivity contribution in [2.24, 2.45) is 0 Å². The lowest BCUT2D eigenvalue weighted by Crippen LogP contribution is -2.51. The Morgan fingerprint density at radius 3 is 2.81 bits per heavy atom. The topological polar surface area (TPSA) is 65.2 Å². The number of nitrogens with zero attached hydrogens (tertiary/aromatic N) is 2. The van der Waals surface area contributed by atoms with E-state index in [2.05, 4.69) is 56.1 Å². The molecule has 162 valence electrons. The SMILES string of the molecule is COc1cc(NC2CNC2)ccc1[C@@H]1c2ccc3[nH]ncc3c2CCN1CC1(F)CC1. The van der Waals surface area contributed by atoms with Crippen LogP contribution in [0.4, 0.5) is 10.1 Å². The number of H-pyrrole nitrogens is 1. The van der Waals surface area contributed by atoms with Crippen LogP contribution in [0.3, 0.4) is 0 Å². The minimum Gasteiger partial charge on any atom is -0.496 e. The maximum absolute atomic E-state index is 14.9. The summed E-state index contributed by atoms with van der Waals surface area (Å²) in [7, 11) is 1.72. The lowest BCUT2D eigenvalue weighted by Gasteiger charge is -2.39. The molecule has 7 heteroatoms. The van der Waals surface area contributed by atoms with Crippen LogP contribution < -0.4 is 15.4 Å². The van der Waals surface area contributed by atoms with Crippen molar-refractivity contribution in [1.82, 2.24) is 20.4 Å². The molecule has 0 spiro atoms. The third-order valence-electron chi connectivity index (χ3n) is 7.04. The van der Waals surface area contributed by atoms with E-state index in [9.17, 15) is 4.39 Å². The number of fused-ring (bicyclic) bond motifs is 3. The number of aromatic nitrogens is 2.